The summed E-state index contributed by atoms with van der Waals surface area (Å²) < 4.78 is 7.10. The summed E-state index contributed by atoms with van der Waals surface area (Å²) in [6, 6.07) is 10.7. The summed E-state index contributed by atoms with van der Waals surface area (Å²) in [6.07, 6.45) is 5.68. The fourth-order valence-corrected chi connectivity index (χ4v) is 5.03. The quantitative estimate of drug-likeness (QED) is 0.298. The fraction of sp³-hybridized carbons (Fsp3) is 0.452. The van der Waals surface area contributed by atoms with E-state index in [2.05, 4.69) is 22.6 Å². The summed E-state index contributed by atoms with van der Waals surface area (Å²) >= 11 is 6.73. The third-order valence-electron chi connectivity index (χ3n) is 7.12. The fourth-order valence-electron chi connectivity index (χ4n) is 4.81. The molecule has 1 aliphatic rings. The van der Waals surface area contributed by atoms with Crippen molar-refractivity contribution in [3.63, 3.8) is 0 Å². The molecule has 0 radical (unpaired) electrons. The van der Waals surface area contributed by atoms with Crippen LogP contribution in [-0.4, -0.2) is 70.2 Å². The van der Waals surface area contributed by atoms with E-state index in [1.165, 1.54) is 0 Å². The van der Waals surface area contributed by atoms with Crippen molar-refractivity contribution in [3.8, 4) is 12.3 Å². The molecular weight excluding hydrogens is 526 g/mol. The predicted molar refractivity (Wildman–Crippen MR) is 161 cm³/mol. The Hall–Kier alpha value is -3.38. The van der Waals surface area contributed by atoms with E-state index in [1.54, 1.807) is 29.8 Å². The van der Waals surface area contributed by atoms with Crippen molar-refractivity contribution in [1.29, 1.82) is 0 Å². The SMILES string of the molecule is C#CCN(Cc1cc2c(=O)n(C)c(CN3CCN(CC)CC3)nc2cc1Cl)c1ccc(C(=O)OC(C)(C)C)cc1. The van der Waals surface area contributed by atoms with Crippen molar-refractivity contribution in [2.45, 2.75) is 46.4 Å². The van der Waals surface area contributed by atoms with Crippen LogP contribution in [0.4, 0.5) is 5.69 Å². The number of anilines is 1. The Morgan fingerprint density at radius 3 is 2.38 bits per heavy atom. The lowest BCUT2D eigenvalue weighted by Crippen LogP contribution is -2.46. The number of carbonyl (C=O) groups is 1. The topological polar surface area (TPSA) is 70.9 Å². The minimum Gasteiger partial charge on any atom is -0.456 e. The smallest absolute Gasteiger partial charge is 0.338 e. The predicted octanol–water partition coefficient (Wildman–Crippen LogP) is 4.32. The van der Waals surface area contributed by atoms with Gasteiger partial charge in [-0.2, -0.15) is 0 Å². The number of likely N-dealkylation sites (N-methyl/N-ethyl adjacent to an activating group) is 1. The molecule has 40 heavy (non-hydrogen) atoms. The molecule has 3 aromatic rings. The second-order valence-corrected chi connectivity index (χ2v) is 11.6. The summed E-state index contributed by atoms with van der Waals surface area (Å²) in [4.78, 5) is 37.4. The molecule has 1 aromatic heterocycles. The molecule has 4 rings (SSSR count). The van der Waals surface area contributed by atoms with E-state index in [9.17, 15) is 9.59 Å². The third-order valence-corrected chi connectivity index (χ3v) is 7.48. The van der Waals surface area contributed by atoms with Crippen LogP contribution in [0.1, 0.15) is 49.4 Å². The molecule has 1 fully saturated rings. The van der Waals surface area contributed by atoms with Gasteiger partial charge < -0.3 is 14.5 Å². The van der Waals surface area contributed by atoms with Gasteiger partial charge in [-0.1, -0.05) is 24.4 Å². The molecular formula is C31H38ClN5O3. The number of fused-ring (bicyclic) bond motifs is 1. The van der Waals surface area contributed by atoms with Crippen molar-refractivity contribution >= 4 is 34.2 Å². The molecule has 0 amide bonds. The van der Waals surface area contributed by atoms with E-state index < -0.39 is 5.60 Å². The molecule has 0 saturated carbocycles. The molecule has 0 N–H and O–H groups in total. The number of rotatable bonds is 8. The van der Waals surface area contributed by atoms with Crippen LogP contribution in [-0.2, 0) is 24.9 Å². The molecule has 1 saturated heterocycles. The Bertz CT molecular complexity index is 1460. The van der Waals surface area contributed by atoms with Gasteiger partial charge in [0, 0.05) is 50.5 Å². The van der Waals surface area contributed by atoms with Crippen molar-refractivity contribution < 1.29 is 9.53 Å². The van der Waals surface area contributed by atoms with Crippen LogP contribution in [0.15, 0.2) is 41.2 Å². The highest BCUT2D eigenvalue weighted by Crippen LogP contribution is 2.26. The molecule has 2 aromatic carbocycles. The van der Waals surface area contributed by atoms with Crippen LogP contribution in [0, 0.1) is 12.3 Å². The Morgan fingerprint density at radius 2 is 1.77 bits per heavy atom. The molecule has 0 aliphatic carbocycles. The maximum atomic E-state index is 13.4. The number of terminal acetylenes is 1. The number of ether oxygens (including phenoxy) is 1. The van der Waals surface area contributed by atoms with Crippen LogP contribution in [0.5, 0.6) is 0 Å². The van der Waals surface area contributed by atoms with E-state index in [4.69, 9.17) is 27.7 Å². The van der Waals surface area contributed by atoms with Gasteiger partial charge in [-0.05, 0) is 69.3 Å². The van der Waals surface area contributed by atoms with E-state index in [0.29, 0.717) is 41.1 Å². The minimum absolute atomic E-state index is 0.102. The maximum Gasteiger partial charge on any atom is 0.338 e. The van der Waals surface area contributed by atoms with Gasteiger partial charge in [-0.3, -0.25) is 14.3 Å². The number of hydrogen-bond donors (Lipinski definition) is 0. The first-order valence-corrected chi connectivity index (χ1v) is 14.0. The summed E-state index contributed by atoms with van der Waals surface area (Å²) in [5, 5.41) is 1.03. The van der Waals surface area contributed by atoms with Crippen LogP contribution < -0.4 is 10.5 Å². The van der Waals surface area contributed by atoms with Crippen molar-refractivity contribution in [3.05, 3.63) is 68.7 Å². The molecule has 2 heterocycles. The molecule has 0 unspecified atom stereocenters. The molecule has 0 spiro atoms. The summed E-state index contributed by atoms with van der Waals surface area (Å²) in [6.45, 7) is 14.0. The monoisotopic (exact) mass is 563 g/mol. The second-order valence-electron chi connectivity index (χ2n) is 11.2. The average molecular weight is 564 g/mol. The average Bonchev–Trinajstić information content (AvgIpc) is 2.91. The van der Waals surface area contributed by atoms with Gasteiger partial charge in [-0.25, -0.2) is 9.78 Å². The van der Waals surface area contributed by atoms with Crippen molar-refractivity contribution in [2.24, 2.45) is 7.05 Å². The normalized spacial score (nSPS) is 14.7. The zero-order chi connectivity index (χ0) is 29.0. The molecule has 9 heteroatoms. The van der Waals surface area contributed by atoms with Gasteiger partial charge in [0.2, 0.25) is 0 Å². The number of esters is 1. The van der Waals surface area contributed by atoms with Gasteiger partial charge in [0.1, 0.15) is 11.4 Å². The highest BCUT2D eigenvalue weighted by Gasteiger charge is 2.20. The van der Waals surface area contributed by atoms with Gasteiger partial charge in [0.25, 0.3) is 5.56 Å². The summed E-state index contributed by atoms with van der Waals surface area (Å²) in [7, 11) is 1.78. The first-order valence-electron chi connectivity index (χ1n) is 13.6. The first kappa shape index (κ1) is 29.6. The zero-order valence-electron chi connectivity index (χ0n) is 24.0. The van der Waals surface area contributed by atoms with Gasteiger partial charge in [0.05, 0.1) is 29.6 Å². The largest absolute Gasteiger partial charge is 0.456 e. The van der Waals surface area contributed by atoms with E-state index >= 15 is 0 Å². The summed E-state index contributed by atoms with van der Waals surface area (Å²) in [5.41, 5.74) is 1.96. The van der Waals surface area contributed by atoms with Crippen LogP contribution in [0.25, 0.3) is 10.9 Å². The second kappa shape index (κ2) is 12.4. The number of nitrogens with zero attached hydrogens (tertiary/aromatic N) is 5. The van der Waals surface area contributed by atoms with Gasteiger partial charge in [0.15, 0.2) is 0 Å². The lowest BCUT2D eigenvalue weighted by molar-refractivity contribution is 0.00695. The van der Waals surface area contributed by atoms with Crippen LogP contribution in [0.3, 0.4) is 0 Å². The molecule has 212 valence electrons. The van der Waals surface area contributed by atoms with Gasteiger partial charge >= 0.3 is 5.97 Å². The lowest BCUT2D eigenvalue weighted by Gasteiger charge is -2.33. The molecule has 1 aliphatic heterocycles. The van der Waals surface area contributed by atoms with E-state index in [1.807, 2.05) is 43.9 Å². The lowest BCUT2D eigenvalue weighted by atomic mass is 10.1. The number of hydrogen-bond acceptors (Lipinski definition) is 7. The Balaban J connectivity index is 1.57. The Kier molecular flexibility index (Phi) is 9.19. The number of halogens is 1. The van der Waals surface area contributed by atoms with Crippen LogP contribution in [0.2, 0.25) is 5.02 Å². The molecule has 0 bridgehead atoms. The van der Waals surface area contributed by atoms with E-state index in [0.717, 1.165) is 49.8 Å². The first-order chi connectivity index (χ1) is 19.0. The Morgan fingerprint density at radius 1 is 1.12 bits per heavy atom. The molecule has 8 nitrogen and oxygen atoms in total. The summed E-state index contributed by atoms with van der Waals surface area (Å²) in [5.74, 6) is 3.03. The third kappa shape index (κ3) is 7.03. The van der Waals surface area contributed by atoms with Crippen molar-refractivity contribution in [2.75, 3.05) is 44.2 Å². The molecule has 0 atom stereocenters. The maximum absolute atomic E-state index is 13.4. The van der Waals surface area contributed by atoms with Crippen LogP contribution >= 0.6 is 11.6 Å². The van der Waals surface area contributed by atoms with E-state index in [-0.39, 0.29) is 11.5 Å². The van der Waals surface area contributed by atoms with Gasteiger partial charge in [-0.15, -0.1) is 6.42 Å². The van der Waals surface area contributed by atoms with Crippen molar-refractivity contribution in [1.82, 2.24) is 19.4 Å². The minimum atomic E-state index is -0.574. The highest BCUT2D eigenvalue weighted by molar-refractivity contribution is 6.32. The number of piperazine rings is 1. The Labute approximate surface area is 241 Å². The number of benzene rings is 2. The number of carbonyl (C=O) groups excluding carboxylic acids is 1. The zero-order valence-corrected chi connectivity index (χ0v) is 24.8. The number of aromatic nitrogens is 2. The standard InChI is InChI=1S/C31H38ClN5O3/c1-7-13-37(24-11-9-22(10-12-24)30(39)40-31(3,4)5)20-23-18-25-27(19-26(23)32)33-28(34(6)29(25)38)21-36-16-14-35(8-2)15-17-36/h1,9-12,18-19H,8,13-17,20-21H2,2-6H3. The highest BCUT2D eigenvalue weighted by atomic mass is 35.5.